The Labute approximate surface area is 142 Å². The molecule has 0 N–H and O–H groups in total. The van der Waals surface area contributed by atoms with Crippen LogP contribution in [-0.4, -0.2) is 29.8 Å². The molecule has 24 heavy (non-hydrogen) atoms. The molecular weight excluding hydrogens is 300 g/mol. The Bertz CT molecular complexity index is 781. The van der Waals surface area contributed by atoms with Crippen molar-refractivity contribution in [2.45, 2.75) is 19.8 Å². The molecule has 0 aliphatic carbocycles. The van der Waals surface area contributed by atoms with E-state index >= 15 is 0 Å². The Morgan fingerprint density at radius 3 is 2.42 bits per heavy atom. The van der Waals surface area contributed by atoms with Gasteiger partial charge in [0.05, 0.1) is 11.8 Å². The average molecular weight is 320 g/mol. The van der Waals surface area contributed by atoms with Gasteiger partial charge in [-0.1, -0.05) is 18.2 Å². The minimum atomic E-state index is -0.914. The molecule has 1 unspecified atom stereocenters. The van der Waals surface area contributed by atoms with Crippen LogP contribution in [0, 0.1) is 25.2 Å². The van der Waals surface area contributed by atoms with E-state index in [4.69, 9.17) is 0 Å². The molecule has 1 aromatic heterocycles. The maximum absolute atomic E-state index is 12.4. The van der Waals surface area contributed by atoms with Gasteiger partial charge >= 0.3 is 0 Å². The molecule has 0 bridgehead atoms. The van der Waals surface area contributed by atoms with Crippen LogP contribution in [0.1, 0.15) is 28.7 Å². The third-order valence-electron chi connectivity index (χ3n) is 3.54. The second-order valence-corrected chi connectivity index (χ2v) is 5.77. The summed E-state index contributed by atoms with van der Waals surface area (Å²) in [5.74, 6) is -0.643. The van der Waals surface area contributed by atoms with Crippen molar-refractivity contribution in [3.05, 3.63) is 59.2 Å². The predicted octanol–water partition coefficient (Wildman–Crippen LogP) is 3.05. The van der Waals surface area contributed by atoms with Crippen molar-refractivity contribution >= 4 is 17.5 Å². The van der Waals surface area contributed by atoms with Crippen LogP contribution in [0.4, 0.5) is 5.69 Å². The lowest BCUT2D eigenvalue weighted by Gasteiger charge is -2.11. The Kier molecular flexibility index (Phi) is 5.43. The zero-order valence-corrected chi connectivity index (χ0v) is 14.3. The molecule has 1 heterocycles. The molecular formula is C19H20N4O. The Hall–Kier alpha value is -3.00. The van der Waals surface area contributed by atoms with E-state index in [0.29, 0.717) is 11.5 Å². The van der Waals surface area contributed by atoms with Gasteiger partial charge in [0, 0.05) is 25.5 Å². The quantitative estimate of drug-likeness (QED) is 0.792. The molecule has 5 nitrogen and oxygen atoms in total. The standard InChI is InChI=1S/C19H20N4O/c1-13-11-18(22-14(2)21-13)17(12-20)19(24)10-7-15-5-8-16(9-6-15)23(3)4/h5-11,17H,1-4H3/b10-7+. The smallest absolute Gasteiger partial charge is 0.178 e. The summed E-state index contributed by atoms with van der Waals surface area (Å²) < 4.78 is 0. The highest BCUT2D eigenvalue weighted by Crippen LogP contribution is 2.17. The molecule has 0 fully saturated rings. The van der Waals surface area contributed by atoms with Gasteiger partial charge in [-0.05, 0) is 43.7 Å². The summed E-state index contributed by atoms with van der Waals surface area (Å²) in [6.45, 7) is 3.57. The van der Waals surface area contributed by atoms with Gasteiger partial charge in [0.25, 0.3) is 0 Å². The number of hydrogen-bond acceptors (Lipinski definition) is 5. The SMILES string of the molecule is Cc1cc(C(C#N)C(=O)/C=C/c2ccc(N(C)C)cc2)nc(C)n1. The highest BCUT2D eigenvalue weighted by molar-refractivity contribution is 6.00. The first-order chi connectivity index (χ1) is 11.4. The van der Waals surface area contributed by atoms with Crippen LogP contribution in [-0.2, 0) is 4.79 Å². The van der Waals surface area contributed by atoms with E-state index in [2.05, 4.69) is 9.97 Å². The summed E-state index contributed by atoms with van der Waals surface area (Å²) in [7, 11) is 3.94. The van der Waals surface area contributed by atoms with Crippen LogP contribution < -0.4 is 4.90 Å². The fourth-order valence-electron chi connectivity index (χ4n) is 2.33. The van der Waals surface area contributed by atoms with Gasteiger partial charge in [0.1, 0.15) is 5.82 Å². The minimum Gasteiger partial charge on any atom is -0.378 e. The third-order valence-corrected chi connectivity index (χ3v) is 3.54. The Morgan fingerprint density at radius 1 is 1.21 bits per heavy atom. The molecule has 0 amide bonds. The van der Waals surface area contributed by atoms with Gasteiger partial charge in [-0.15, -0.1) is 0 Å². The fraction of sp³-hybridized carbons (Fsp3) is 0.263. The summed E-state index contributed by atoms with van der Waals surface area (Å²) in [4.78, 5) is 22.8. The number of carbonyl (C=O) groups excluding carboxylic acids is 1. The lowest BCUT2D eigenvalue weighted by atomic mass is 10.00. The summed E-state index contributed by atoms with van der Waals surface area (Å²) in [5.41, 5.74) is 3.18. The summed E-state index contributed by atoms with van der Waals surface area (Å²) in [6, 6.07) is 11.5. The van der Waals surface area contributed by atoms with Crippen molar-refractivity contribution in [2.75, 3.05) is 19.0 Å². The lowest BCUT2D eigenvalue weighted by molar-refractivity contribution is -0.114. The molecule has 0 saturated carbocycles. The topological polar surface area (TPSA) is 69.9 Å². The van der Waals surface area contributed by atoms with Gasteiger partial charge in [-0.3, -0.25) is 4.79 Å². The second-order valence-electron chi connectivity index (χ2n) is 5.77. The van der Waals surface area contributed by atoms with Crippen molar-refractivity contribution < 1.29 is 4.79 Å². The molecule has 0 aliphatic rings. The fourth-order valence-corrected chi connectivity index (χ4v) is 2.33. The van der Waals surface area contributed by atoms with E-state index in [1.54, 1.807) is 19.1 Å². The van der Waals surface area contributed by atoms with E-state index < -0.39 is 5.92 Å². The van der Waals surface area contributed by atoms with Gasteiger partial charge in [-0.25, -0.2) is 9.97 Å². The number of aryl methyl sites for hydroxylation is 2. The van der Waals surface area contributed by atoms with Crippen molar-refractivity contribution in [1.29, 1.82) is 5.26 Å². The van der Waals surface area contributed by atoms with Crippen LogP contribution in [0.3, 0.4) is 0 Å². The normalized spacial score (nSPS) is 12.0. The molecule has 0 spiro atoms. The van der Waals surface area contributed by atoms with Crippen LogP contribution in [0.5, 0.6) is 0 Å². The maximum Gasteiger partial charge on any atom is 0.178 e. The molecule has 5 heteroatoms. The number of benzene rings is 1. The van der Waals surface area contributed by atoms with Crippen molar-refractivity contribution in [3.63, 3.8) is 0 Å². The second kappa shape index (κ2) is 7.51. The molecule has 2 rings (SSSR count). The van der Waals surface area contributed by atoms with Crippen LogP contribution in [0.25, 0.3) is 6.08 Å². The highest BCUT2D eigenvalue weighted by Gasteiger charge is 2.20. The number of hydrogen-bond donors (Lipinski definition) is 0. The van der Waals surface area contributed by atoms with Crippen LogP contribution >= 0.6 is 0 Å². The number of allylic oxidation sites excluding steroid dienone is 1. The van der Waals surface area contributed by atoms with Gasteiger partial charge in [0.15, 0.2) is 11.7 Å². The number of rotatable bonds is 5. The first kappa shape index (κ1) is 17.4. The maximum atomic E-state index is 12.4. The number of carbonyl (C=O) groups is 1. The first-order valence-corrected chi connectivity index (χ1v) is 7.62. The zero-order valence-electron chi connectivity index (χ0n) is 14.3. The molecule has 2 aromatic rings. The third kappa shape index (κ3) is 4.26. The van der Waals surface area contributed by atoms with Crippen molar-refractivity contribution in [1.82, 2.24) is 9.97 Å². The number of aromatic nitrogens is 2. The average Bonchev–Trinajstić information content (AvgIpc) is 2.53. The summed E-state index contributed by atoms with van der Waals surface area (Å²) in [5, 5.41) is 9.36. The van der Waals surface area contributed by atoms with E-state index in [0.717, 1.165) is 16.9 Å². The minimum absolute atomic E-state index is 0.285. The van der Waals surface area contributed by atoms with E-state index in [9.17, 15) is 10.1 Å². The first-order valence-electron chi connectivity index (χ1n) is 7.62. The number of nitrogens with zero attached hydrogens (tertiary/aromatic N) is 4. The van der Waals surface area contributed by atoms with Gasteiger partial charge < -0.3 is 4.90 Å². The number of ketones is 1. The molecule has 122 valence electrons. The van der Waals surface area contributed by atoms with E-state index in [1.165, 1.54) is 6.08 Å². The molecule has 0 saturated heterocycles. The molecule has 1 atom stereocenters. The van der Waals surface area contributed by atoms with Crippen molar-refractivity contribution in [3.8, 4) is 6.07 Å². The molecule has 0 aliphatic heterocycles. The van der Waals surface area contributed by atoms with E-state index in [1.807, 2.05) is 56.3 Å². The monoisotopic (exact) mass is 320 g/mol. The molecule has 1 aromatic carbocycles. The zero-order chi connectivity index (χ0) is 17.7. The highest BCUT2D eigenvalue weighted by atomic mass is 16.1. The van der Waals surface area contributed by atoms with Crippen molar-refractivity contribution in [2.24, 2.45) is 0 Å². The van der Waals surface area contributed by atoms with Gasteiger partial charge in [0.2, 0.25) is 0 Å². The Morgan fingerprint density at radius 2 is 1.88 bits per heavy atom. The summed E-state index contributed by atoms with van der Waals surface area (Å²) >= 11 is 0. The van der Waals surface area contributed by atoms with Crippen LogP contribution in [0.15, 0.2) is 36.4 Å². The number of nitriles is 1. The largest absolute Gasteiger partial charge is 0.378 e. The predicted molar refractivity (Wildman–Crippen MR) is 94.7 cm³/mol. The summed E-state index contributed by atoms with van der Waals surface area (Å²) in [6.07, 6.45) is 3.15. The van der Waals surface area contributed by atoms with Gasteiger partial charge in [-0.2, -0.15) is 5.26 Å². The Balaban J connectivity index is 2.18. The number of anilines is 1. The molecule has 0 radical (unpaired) electrons. The lowest BCUT2D eigenvalue weighted by Crippen LogP contribution is -2.11. The van der Waals surface area contributed by atoms with Crippen LogP contribution in [0.2, 0.25) is 0 Å². The van der Waals surface area contributed by atoms with E-state index in [-0.39, 0.29) is 5.78 Å².